The quantitative estimate of drug-likeness (QED) is 0.122. The van der Waals surface area contributed by atoms with Gasteiger partial charge in [0.15, 0.2) is 0 Å². The molecule has 0 radical (unpaired) electrons. The Kier molecular flexibility index (Phi) is 2.81. The molecule has 0 heteroatoms. The zero-order chi connectivity index (χ0) is 49.9. The molecule has 2 atom stereocenters. The van der Waals surface area contributed by atoms with Crippen LogP contribution in [0.4, 0.5) is 0 Å². The molecule has 39 rings (SSSR count). The van der Waals surface area contributed by atoms with Gasteiger partial charge in [-0.3, -0.25) is 0 Å². The Balaban J connectivity index is 1.09. The molecule has 0 bridgehead atoms. The topological polar surface area (TPSA) is 0 Å². The van der Waals surface area contributed by atoms with E-state index in [9.17, 15) is 0 Å². The zero-order valence-corrected chi connectivity index (χ0v) is 43.2. The summed E-state index contributed by atoms with van der Waals surface area (Å²) in [5.41, 5.74) is 12.7. The molecule has 84 heavy (non-hydrogen) atoms. The van der Waals surface area contributed by atoms with Crippen LogP contribution in [0.25, 0.3) is 334 Å². The fraction of sp³-hybridized carbons (Fsp3) is 0.0476. The van der Waals surface area contributed by atoms with Gasteiger partial charge in [-0.15, -0.1) is 0 Å². The molecule has 5 aliphatic rings. The molecule has 0 aliphatic heterocycles. The third-order valence-corrected chi connectivity index (χ3v) is 29.9. The molecular formula is C84H14. The Morgan fingerprint density at radius 1 is 0.131 bits per heavy atom. The first-order valence-electron chi connectivity index (χ1n) is 31.5. The van der Waals surface area contributed by atoms with Gasteiger partial charge >= 0.3 is 0 Å². The molecule has 0 spiro atoms. The Hall–Kier alpha value is -10.4. The molecule has 0 amide bonds. The largest absolute Gasteiger partial charge is 0.0622 e. The first kappa shape index (κ1) is 31.7. The van der Waals surface area contributed by atoms with Crippen LogP contribution in [-0.4, -0.2) is 0 Å². The van der Waals surface area contributed by atoms with Crippen LogP contribution >= 0.6 is 0 Å². The van der Waals surface area contributed by atoms with Gasteiger partial charge in [-0.1, -0.05) is 60.7 Å². The molecule has 34 aromatic carbocycles. The first-order valence-corrected chi connectivity index (χ1v) is 31.5. The van der Waals surface area contributed by atoms with Crippen molar-refractivity contribution in [1.29, 1.82) is 0 Å². The van der Waals surface area contributed by atoms with Crippen molar-refractivity contribution in [3.8, 4) is 0 Å². The Morgan fingerprint density at radius 2 is 0.250 bits per heavy atom. The Bertz CT molecular complexity index is 8670. The molecule has 0 N–H and O–H groups in total. The maximum absolute atomic E-state index is 2.54. The molecule has 0 aromatic heterocycles. The normalized spacial score (nSPS) is 20.8. The summed E-state index contributed by atoms with van der Waals surface area (Å²) >= 11 is 0. The van der Waals surface area contributed by atoms with Crippen molar-refractivity contribution < 1.29 is 0 Å². The summed E-state index contributed by atoms with van der Waals surface area (Å²) < 4.78 is 0. The smallest absolute Gasteiger partial charge is 0.0523 e. The van der Waals surface area contributed by atoms with Crippen molar-refractivity contribution in [1.82, 2.24) is 0 Å². The van der Waals surface area contributed by atoms with Crippen LogP contribution < -0.4 is 0 Å². The van der Waals surface area contributed by atoms with E-state index >= 15 is 0 Å². The lowest BCUT2D eigenvalue weighted by molar-refractivity contribution is 0.536. The third kappa shape index (κ3) is 1.78. The van der Waals surface area contributed by atoms with Crippen molar-refractivity contribution in [2.75, 3.05) is 0 Å². The van der Waals surface area contributed by atoms with Gasteiger partial charge in [0.05, 0.1) is 10.8 Å². The number of rotatable bonds is 4. The average molecular weight is 1020 g/mol. The highest BCUT2D eigenvalue weighted by atomic mass is 14.7. The van der Waals surface area contributed by atoms with Crippen molar-refractivity contribution in [2.45, 2.75) is 23.7 Å². The maximum atomic E-state index is 2.54. The molecular weight excluding hydrogens is 1010 g/mol. The van der Waals surface area contributed by atoms with E-state index in [1.54, 1.807) is 367 Å². The van der Waals surface area contributed by atoms with Gasteiger partial charge in [-0.25, -0.2) is 0 Å². The molecule has 34 aromatic rings. The predicted octanol–water partition coefficient (Wildman–Crippen LogP) is 22.4. The highest BCUT2D eigenvalue weighted by Gasteiger charge is 2.66. The summed E-state index contributed by atoms with van der Waals surface area (Å²) in [6, 6.07) is 24.3. The van der Waals surface area contributed by atoms with Crippen molar-refractivity contribution in [2.24, 2.45) is 0 Å². The van der Waals surface area contributed by atoms with E-state index in [2.05, 4.69) is 60.7 Å². The second kappa shape index (κ2) is 7.44. The highest BCUT2D eigenvalue weighted by Crippen LogP contribution is 2.85. The lowest BCUT2D eigenvalue weighted by atomic mass is 9.49. The van der Waals surface area contributed by atoms with Crippen LogP contribution in [0.1, 0.15) is 44.5 Å². The lowest BCUT2D eigenvalue weighted by Crippen LogP contribution is -2.46. The lowest BCUT2D eigenvalue weighted by Gasteiger charge is -2.51. The molecule has 0 fully saturated rings. The first-order chi connectivity index (χ1) is 41.9. The van der Waals surface area contributed by atoms with Gasteiger partial charge < -0.3 is 0 Å². The second-order valence-corrected chi connectivity index (χ2v) is 30.6. The number of benzene rings is 24. The van der Waals surface area contributed by atoms with Crippen LogP contribution in [-0.2, 0) is 23.7 Å². The van der Waals surface area contributed by atoms with Crippen LogP contribution in [0.5, 0.6) is 0 Å². The van der Waals surface area contributed by atoms with Crippen molar-refractivity contribution in [3.63, 3.8) is 0 Å². The zero-order valence-electron chi connectivity index (χ0n) is 43.2. The molecule has 5 aliphatic carbocycles. The van der Waals surface area contributed by atoms with Gasteiger partial charge in [0.2, 0.25) is 0 Å². The van der Waals surface area contributed by atoms with Gasteiger partial charge in [0.25, 0.3) is 0 Å². The van der Waals surface area contributed by atoms with Crippen LogP contribution in [0.2, 0.25) is 0 Å². The molecule has 0 heterocycles. The molecule has 0 nitrogen and oxygen atoms in total. The maximum Gasteiger partial charge on any atom is 0.0523 e. The third-order valence-electron chi connectivity index (χ3n) is 29.9. The van der Waals surface area contributed by atoms with E-state index in [1.807, 2.05) is 0 Å². The summed E-state index contributed by atoms with van der Waals surface area (Å²) in [6.07, 6.45) is 1.97. The van der Waals surface area contributed by atoms with E-state index in [1.165, 1.54) is 11.1 Å². The van der Waals surface area contributed by atoms with E-state index in [-0.39, 0.29) is 0 Å². The van der Waals surface area contributed by atoms with E-state index in [0.717, 1.165) is 12.8 Å². The van der Waals surface area contributed by atoms with Gasteiger partial charge in [0.1, 0.15) is 0 Å². The Labute approximate surface area is 459 Å². The van der Waals surface area contributed by atoms with E-state index in [4.69, 9.17) is 0 Å². The summed E-state index contributed by atoms with van der Waals surface area (Å²) in [4.78, 5) is 0. The van der Waals surface area contributed by atoms with Crippen LogP contribution in [0.15, 0.2) is 60.7 Å². The second-order valence-electron chi connectivity index (χ2n) is 30.6. The van der Waals surface area contributed by atoms with Gasteiger partial charge in [-0.05, 0) is 391 Å². The van der Waals surface area contributed by atoms with E-state index in [0.29, 0.717) is 0 Å². The summed E-state index contributed by atoms with van der Waals surface area (Å²) in [5, 5.41) is 103. The van der Waals surface area contributed by atoms with E-state index < -0.39 is 10.8 Å². The van der Waals surface area contributed by atoms with Crippen LogP contribution in [0, 0.1) is 0 Å². The van der Waals surface area contributed by atoms with Gasteiger partial charge in [0, 0.05) is 0 Å². The standard InChI is InChI=1S/C84H14/c1-3-7-13(8-4-1)11-83-77-69-59-53-37-29-21-15-16-17-19-23(21)35(37)41-39-27(19)32-26(17)34-30-22(16)24-20-18(15)25-31-28(20)40-42-36(24)38(30)54-56-46(34)48-44(32)51-49(39)61(57(41)59)73(77)75-65(51)64(48)72-68(56)70-60(54)58(42)62-50(40)52-43(31)47-45(33(25)29)55(53)67(69)71-63(47)66(52)76-74(62)78(70)84(80(72)81(75)83,82(76)79(71)83)12-14-9-5-2-6-10-14/h1-10H,11-12H2/t83-,84-/m1/s1. The minimum atomic E-state index is -0.403. The summed E-state index contributed by atoms with van der Waals surface area (Å²) in [5.74, 6) is 0. The summed E-state index contributed by atoms with van der Waals surface area (Å²) in [6.45, 7) is 0. The molecule has 0 saturated carbocycles. The summed E-state index contributed by atoms with van der Waals surface area (Å²) in [7, 11) is 0. The molecule has 350 valence electrons. The molecule has 0 unspecified atom stereocenters. The number of hydrogen-bond donors (Lipinski definition) is 0. The molecule has 0 saturated heterocycles. The SMILES string of the molecule is c1ccc(C[C@]23c4c5c6c7c8c9c%10c%11c(c2c2c%12c%13c3c3c4c4c6c6c%14c7c7c8c8c%10c%10c%15c%11c2c2c%11c%12c%12c%13c%13c3c3c4c6c4c6c3c%13c3c%12c%12c%11c%11c(c%152)c2c%10c8c8c7c7c%14c4c4c6c3c%12c3c%11c2c8c7c43)[C@@]59Cc2ccccc2)cc1. The fourth-order valence-corrected chi connectivity index (χ4v) is 29.6. The fourth-order valence-electron chi connectivity index (χ4n) is 29.6. The predicted molar refractivity (Wildman–Crippen MR) is 356 cm³/mol. The minimum Gasteiger partial charge on any atom is -0.0622 e. The van der Waals surface area contributed by atoms with Crippen molar-refractivity contribution in [3.05, 3.63) is 105 Å². The Morgan fingerprint density at radius 3 is 0.429 bits per heavy atom. The van der Waals surface area contributed by atoms with Gasteiger partial charge in [-0.2, -0.15) is 0 Å². The van der Waals surface area contributed by atoms with Crippen molar-refractivity contribution >= 4 is 334 Å². The monoisotopic (exact) mass is 1020 g/mol. The van der Waals surface area contributed by atoms with Crippen LogP contribution in [0.3, 0.4) is 0 Å². The minimum absolute atomic E-state index is 0.403. The number of hydrogen-bond acceptors (Lipinski definition) is 0. The highest BCUT2D eigenvalue weighted by molar-refractivity contribution is 6.83. The average Bonchev–Trinajstić information content (AvgIpc) is 1.39.